The molecular weight excluding hydrogens is 244 g/mol. The molecule has 4 nitrogen and oxygen atoms in total. The summed E-state index contributed by atoms with van der Waals surface area (Å²) >= 11 is 0. The smallest absolute Gasteiger partial charge is 0.174 e. The fourth-order valence-corrected chi connectivity index (χ4v) is 1.66. The van der Waals surface area contributed by atoms with Gasteiger partial charge in [-0.1, -0.05) is 6.92 Å². The third-order valence-electron chi connectivity index (χ3n) is 2.61. The SMILES string of the molecule is CCOc1ccc(OCC)c(C(=O)CC(=O)CC)c1. The van der Waals surface area contributed by atoms with Crippen molar-refractivity contribution in [2.75, 3.05) is 13.2 Å². The lowest BCUT2D eigenvalue weighted by Gasteiger charge is -2.11. The van der Waals surface area contributed by atoms with Crippen LogP contribution < -0.4 is 9.47 Å². The van der Waals surface area contributed by atoms with Gasteiger partial charge >= 0.3 is 0 Å². The van der Waals surface area contributed by atoms with E-state index < -0.39 is 0 Å². The molecule has 1 rings (SSSR count). The molecule has 4 heteroatoms. The van der Waals surface area contributed by atoms with Gasteiger partial charge in [-0.3, -0.25) is 9.59 Å². The number of Topliss-reactive ketones (excluding diaryl/α,β-unsaturated/α-hetero) is 2. The molecule has 0 saturated heterocycles. The maximum Gasteiger partial charge on any atom is 0.174 e. The van der Waals surface area contributed by atoms with E-state index in [9.17, 15) is 9.59 Å². The van der Waals surface area contributed by atoms with Crippen molar-refractivity contribution in [3.8, 4) is 11.5 Å². The third kappa shape index (κ3) is 4.39. The molecule has 0 atom stereocenters. The molecule has 1 aromatic rings. The second kappa shape index (κ2) is 7.56. The van der Waals surface area contributed by atoms with Gasteiger partial charge in [0.1, 0.15) is 17.3 Å². The fraction of sp³-hybridized carbons (Fsp3) is 0.467. The molecule has 0 amide bonds. The summed E-state index contributed by atoms with van der Waals surface area (Å²) in [5, 5.41) is 0. The maximum absolute atomic E-state index is 12.1. The van der Waals surface area contributed by atoms with E-state index in [1.54, 1.807) is 25.1 Å². The summed E-state index contributed by atoms with van der Waals surface area (Å²) in [4.78, 5) is 23.5. The predicted molar refractivity (Wildman–Crippen MR) is 73.0 cm³/mol. The highest BCUT2D eigenvalue weighted by atomic mass is 16.5. The van der Waals surface area contributed by atoms with Gasteiger partial charge in [-0.25, -0.2) is 0 Å². The summed E-state index contributed by atoms with van der Waals surface area (Å²) in [6.07, 6.45) is 0.271. The molecule has 0 fully saturated rings. The summed E-state index contributed by atoms with van der Waals surface area (Å²) in [5.74, 6) is 0.809. The van der Waals surface area contributed by atoms with Crippen LogP contribution in [0.2, 0.25) is 0 Å². The van der Waals surface area contributed by atoms with Crippen molar-refractivity contribution >= 4 is 11.6 Å². The van der Waals surface area contributed by atoms with Crippen molar-refractivity contribution < 1.29 is 19.1 Å². The normalized spacial score (nSPS) is 10.1. The van der Waals surface area contributed by atoms with Crippen LogP contribution in [-0.4, -0.2) is 24.8 Å². The number of benzene rings is 1. The highest BCUT2D eigenvalue weighted by molar-refractivity contribution is 6.09. The van der Waals surface area contributed by atoms with Crippen LogP contribution in [0.3, 0.4) is 0 Å². The predicted octanol–water partition coefficient (Wildman–Crippen LogP) is 3.04. The Hall–Kier alpha value is -1.84. The minimum absolute atomic E-state index is 0.0748. The molecule has 0 bridgehead atoms. The highest BCUT2D eigenvalue weighted by Gasteiger charge is 2.16. The van der Waals surface area contributed by atoms with Gasteiger partial charge in [0.25, 0.3) is 0 Å². The van der Waals surface area contributed by atoms with Crippen LogP contribution in [0.1, 0.15) is 44.0 Å². The number of hydrogen-bond donors (Lipinski definition) is 0. The first-order valence-electron chi connectivity index (χ1n) is 6.56. The summed E-state index contributed by atoms with van der Waals surface area (Å²) in [5.41, 5.74) is 0.412. The number of rotatable bonds is 8. The first-order valence-corrected chi connectivity index (χ1v) is 6.56. The van der Waals surface area contributed by atoms with Crippen LogP contribution >= 0.6 is 0 Å². The monoisotopic (exact) mass is 264 g/mol. The minimum Gasteiger partial charge on any atom is -0.494 e. The molecule has 1 aromatic carbocycles. The summed E-state index contributed by atoms with van der Waals surface area (Å²) in [6, 6.07) is 5.10. The van der Waals surface area contributed by atoms with Gasteiger partial charge in [0.05, 0.1) is 25.2 Å². The quantitative estimate of drug-likeness (QED) is 0.535. The summed E-state index contributed by atoms with van der Waals surface area (Å²) < 4.78 is 10.8. The summed E-state index contributed by atoms with van der Waals surface area (Å²) in [6.45, 7) is 6.46. The molecule has 0 aromatic heterocycles. The van der Waals surface area contributed by atoms with Crippen molar-refractivity contribution in [2.24, 2.45) is 0 Å². The van der Waals surface area contributed by atoms with E-state index in [2.05, 4.69) is 0 Å². The Morgan fingerprint density at radius 3 is 2.32 bits per heavy atom. The molecule has 19 heavy (non-hydrogen) atoms. The van der Waals surface area contributed by atoms with Crippen LogP contribution in [-0.2, 0) is 4.79 Å². The van der Waals surface area contributed by atoms with Crippen molar-refractivity contribution in [3.05, 3.63) is 23.8 Å². The Morgan fingerprint density at radius 2 is 1.74 bits per heavy atom. The fourth-order valence-electron chi connectivity index (χ4n) is 1.66. The van der Waals surface area contributed by atoms with E-state index in [1.807, 2.05) is 13.8 Å². The Labute approximate surface area is 113 Å². The lowest BCUT2D eigenvalue weighted by molar-refractivity contribution is -0.117. The molecule has 104 valence electrons. The molecule has 0 N–H and O–H groups in total. The number of ketones is 2. The van der Waals surface area contributed by atoms with Gasteiger partial charge in [0.15, 0.2) is 5.78 Å². The largest absolute Gasteiger partial charge is 0.494 e. The molecule has 0 radical (unpaired) electrons. The van der Waals surface area contributed by atoms with E-state index in [1.165, 1.54) is 0 Å². The van der Waals surface area contributed by atoms with Gasteiger partial charge in [-0.2, -0.15) is 0 Å². The first kappa shape index (κ1) is 15.2. The van der Waals surface area contributed by atoms with Crippen LogP contribution in [0.25, 0.3) is 0 Å². The average Bonchev–Trinajstić information content (AvgIpc) is 2.40. The van der Waals surface area contributed by atoms with E-state index in [0.717, 1.165) is 0 Å². The Kier molecular flexibility index (Phi) is 6.06. The standard InChI is InChI=1S/C15H20O4/c1-4-11(16)9-14(17)13-10-12(18-5-2)7-8-15(13)19-6-3/h7-8,10H,4-6,9H2,1-3H3. The van der Waals surface area contributed by atoms with Crippen LogP contribution in [0.15, 0.2) is 18.2 Å². The number of carbonyl (C=O) groups is 2. The van der Waals surface area contributed by atoms with Gasteiger partial charge in [0, 0.05) is 6.42 Å². The van der Waals surface area contributed by atoms with Crippen LogP contribution in [0.5, 0.6) is 11.5 Å². The zero-order valence-corrected chi connectivity index (χ0v) is 11.7. The van der Waals surface area contributed by atoms with Crippen LogP contribution in [0, 0.1) is 0 Å². The van der Waals surface area contributed by atoms with Gasteiger partial charge < -0.3 is 9.47 Å². The Morgan fingerprint density at radius 1 is 1.05 bits per heavy atom. The molecule has 0 aliphatic carbocycles. The lowest BCUT2D eigenvalue weighted by atomic mass is 10.0. The molecule has 0 unspecified atom stereocenters. The molecule has 0 aliphatic rings. The minimum atomic E-state index is -0.225. The maximum atomic E-state index is 12.1. The van der Waals surface area contributed by atoms with Crippen LogP contribution in [0.4, 0.5) is 0 Å². The van der Waals surface area contributed by atoms with Gasteiger partial charge in [-0.05, 0) is 32.0 Å². The molecule has 0 spiro atoms. The number of ether oxygens (including phenoxy) is 2. The number of carbonyl (C=O) groups excluding carboxylic acids is 2. The van der Waals surface area contributed by atoms with Crippen molar-refractivity contribution in [1.82, 2.24) is 0 Å². The lowest BCUT2D eigenvalue weighted by Crippen LogP contribution is -2.09. The van der Waals surface area contributed by atoms with Gasteiger partial charge in [-0.15, -0.1) is 0 Å². The van der Waals surface area contributed by atoms with E-state index in [4.69, 9.17) is 9.47 Å². The van der Waals surface area contributed by atoms with E-state index in [0.29, 0.717) is 36.7 Å². The van der Waals surface area contributed by atoms with Crippen molar-refractivity contribution in [3.63, 3.8) is 0 Å². The van der Waals surface area contributed by atoms with E-state index >= 15 is 0 Å². The molecule has 0 aliphatic heterocycles. The Balaban J connectivity index is 3.01. The van der Waals surface area contributed by atoms with Gasteiger partial charge in [0.2, 0.25) is 0 Å². The summed E-state index contributed by atoms with van der Waals surface area (Å²) in [7, 11) is 0. The topological polar surface area (TPSA) is 52.6 Å². The molecule has 0 heterocycles. The van der Waals surface area contributed by atoms with E-state index in [-0.39, 0.29) is 18.0 Å². The Bertz CT molecular complexity index is 451. The van der Waals surface area contributed by atoms with Crippen molar-refractivity contribution in [2.45, 2.75) is 33.6 Å². The second-order valence-electron chi connectivity index (χ2n) is 4.02. The second-order valence-corrected chi connectivity index (χ2v) is 4.02. The molecule has 0 saturated carbocycles. The average molecular weight is 264 g/mol. The molecular formula is C15H20O4. The zero-order chi connectivity index (χ0) is 14.3. The van der Waals surface area contributed by atoms with Crippen molar-refractivity contribution in [1.29, 1.82) is 0 Å². The number of hydrogen-bond acceptors (Lipinski definition) is 4. The third-order valence-corrected chi connectivity index (χ3v) is 2.61. The highest BCUT2D eigenvalue weighted by Crippen LogP contribution is 2.26. The first-order chi connectivity index (χ1) is 9.12. The zero-order valence-electron chi connectivity index (χ0n) is 11.7.